The van der Waals surface area contributed by atoms with Gasteiger partial charge in [0.1, 0.15) is 0 Å². The molecule has 1 atom stereocenters. The summed E-state index contributed by atoms with van der Waals surface area (Å²) in [5, 5.41) is 4.52. The minimum atomic E-state index is 0.342. The molecule has 0 fully saturated rings. The van der Waals surface area contributed by atoms with E-state index in [1.165, 1.54) is 5.56 Å². The molecule has 0 saturated heterocycles. The smallest absolute Gasteiger partial charge is 0.166 e. The van der Waals surface area contributed by atoms with Crippen molar-refractivity contribution in [1.29, 1.82) is 0 Å². The summed E-state index contributed by atoms with van der Waals surface area (Å²) in [6.07, 6.45) is 0. The summed E-state index contributed by atoms with van der Waals surface area (Å²) >= 11 is 1.76. The van der Waals surface area contributed by atoms with Crippen LogP contribution in [0.4, 0.5) is 0 Å². The van der Waals surface area contributed by atoms with Crippen molar-refractivity contribution in [2.24, 2.45) is 0 Å². The monoisotopic (exact) mass is 297 g/mol. The number of benzene rings is 2. The van der Waals surface area contributed by atoms with Gasteiger partial charge in [-0.25, -0.2) is 4.98 Å². The normalized spacial score (nSPS) is 12.6. The van der Waals surface area contributed by atoms with Gasteiger partial charge in [-0.15, -0.1) is 0 Å². The Balaban J connectivity index is 1.71. The maximum atomic E-state index is 4.62. The molecule has 3 nitrogen and oxygen atoms in total. The molecule has 0 aliphatic carbocycles. The zero-order valence-electron chi connectivity index (χ0n) is 12.0. The Morgan fingerprint density at radius 1 is 1.10 bits per heavy atom. The molecule has 21 heavy (non-hydrogen) atoms. The molecule has 2 N–H and O–H groups in total. The van der Waals surface area contributed by atoms with Crippen LogP contribution in [0, 0.1) is 0 Å². The lowest BCUT2D eigenvalue weighted by Crippen LogP contribution is -2.22. The molecule has 3 aromatic rings. The van der Waals surface area contributed by atoms with Gasteiger partial charge in [0.25, 0.3) is 0 Å². The van der Waals surface area contributed by atoms with Crippen molar-refractivity contribution >= 4 is 22.8 Å². The number of fused-ring (bicyclic) bond motifs is 1. The second kappa shape index (κ2) is 6.78. The molecule has 0 amide bonds. The number of rotatable bonds is 6. The van der Waals surface area contributed by atoms with E-state index >= 15 is 0 Å². The maximum absolute atomic E-state index is 4.62. The van der Waals surface area contributed by atoms with Gasteiger partial charge in [-0.3, -0.25) is 0 Å². The maximum Gasteiger partial charge on any atom is 0.166 e. The quantitative estimate of drug-likeness (QED) is 0.676. The summed E-state index contributed by atoms with van der Waals surface area (Å²) in [6, 6.07) is 19.1. The van der Waals surface area contributed by atoms with Crippen LogP contribution in [-0.2, 0) is 0 Å². The van der Waals surface area contributed by atoms with Crippen molar-refractivity contribution < 1.29 is 0 Å². The van der Waals surface area contributed by atoms with Crippen molar-refractivity contribution in [3.63, 3.8) is 0 Å². The van der Waals surface area contributed by atoms with Crippen molar-refractivity contribution in [3.05, 3.63) is 60.2 Å². The first kappa shape index (κ1) is 14.2. The van der Waals surface area contributed by atoms with Crippen LogP contribution in [0.1, 0.15) is 18.5 Å². The van der Waals surface area contributed by atoms with Gasteiger partial charge in [0.15, 0.2) is 5.16 Å². The van der Waals surface area contributed by atoms with Gasteiger partial charge in [-0.1, -0.05) is 61.2 Å². The second-order valence-corrected chi connectivity index (χ2v) is 5.90. The summed E-state index contributed by atoms with van der Waals surface area (Å²) in [6.45, 7) is 3.10. The van der Waals surface area contributed by atoms with Gasteiger partial charge < -0.3 is 10.3 Å². The highest BCUT2D eigenvalue weighted by atomic mass is 32.2. The van der Waals surface area contributed by atoms with Gasteiger partial charge in [0.05, 0.1) is 11.0 Å². The lowest BCUT2D eigenvalue weighted by molar-refractivity contribution is 0.605. The summed E-state index contributed by atoms with van der Waals surface area (Å²) < 4.78 is 0. The van der Waals surface area contributed by atoms with Crippen LogP contribution < -0.4 is 5.32 Å². The van der Waals surface area contributed by atoms with Crippen LogP contribution in [0.5, 0.6) is 0 Å². The van der Waals surface area contributed by atoms with Crippen LogP contribution in [0.15, 0.2) is 59.8 Å². The summed E-state index contributed by atoms with van der Waals surface area (Å²) in [4.78, 5) is 7.99. The number of hydrogen-bond acceptors (Lipinski definition) is 3. The molecule has 0 bridgehead atoms. The number of hydrogen-bond donors (Lipinski definition) is 2. The summed E-state index contributed by atoms with van der Waals surface area (Å²) in [7, 11) is 0. The summed E-state index contributed by atoms with van der Waals surface area (Å²) in [5.74, 6) is 0.956. The highest BCUT2D eigenvalue weighted by molar-refractivity contribution is 7.99. The van der Waals surface area contributed by atoms with E-state index in [0.717, 1.165) is 28.5 Å². The fraction of sp³-hybridized carbons (Fsp3) is 0.235. The molecule has 0 aliphatic heterocycles. The van der Waals surface area contributed by atoms with Crippen molar-refractivity contribution in [1.82, 2.24) is 15.3 Å². The molecular formula is C17H19N3S. The van der Waals surface area contributed by atoms with E-state index in [1.54, 1.807) is 11.8 Å². The molecule has 1 unspecified atom stereocenters. The van der Waals surface area contributed by atoms with Gasteiger partial charge in [-0.2, -0.15) is 0 Å². The second-order valence-electron chi connectivity index (χ2n) is 4.89. The number of para-hydroxylation sites is 2. The highest BCUT2D eigenvalue weighted by Gasteiger charge is 2.11. The van der Waals surface area contributed by atoms with Gasteiger partial charge in [0.2, 0.25) is 0 Å². The molecule has 1 heterocycles. The fourth-order valence-electron chi connectivity index (χ4n) is 2.36. The Morgan fingerprint density at radius 2 is 1.86 bits per heavy atom. The van der Waals surface area contributed by atoms with E-state index in [-0.39, 0.29) is 0 Å². The topological polar surface area (TPSA) is 40.7 Å². The van der Waals surface area contributed by atoms with Crippen LogP contribution in [0.2, 0.25) is 0 Å². The third kappa shape index (κ3) is 3.46. The zero-order chi connectivity index (χ0) is 14.5. The lowest BCUT2D eigenvalue weighted by Gasteiger charge is -2.17. The molecule has 0 saturated carbocycles. The molecule has 0 aliphatic rings. The van der Waals surface area contributed by atoms with E-state index in [1.807, 2.05) is 18.2 Å². The minimum absolute atomic E-state index is 0.342. The molecule has 2 aromatic carbocycles. The number of nitrogens with one attached hydrogen (secondary N) is 2. The molecule has 1 aromatic heterocycles. The van der Waals surface area contributed by atoms with Crippen molar-refractivity contribution in [3.8, 4) is 0 Å². The molecular weight excluding hydrogens is 278 g/mol. The Labute approximate surface area is 129 Å². The van der Waals surface area contributed by atoms with Crippen LogP contribution in [-0.4, -0.2) is 22.3 Å². The predicted molar refractivity (Wildman–Crippen MR) is 89.7 cm³/mol. The first-order valence-corrected chi connectivity index (χ1v) is 8.21. The average Bonchev–Trinajstić information content (AvgIpc) is 2.95. The number of aromatic nitrogens is 2. The Kier molecular flexibility index (Phi) is 4.58. The number of imidazole rings is 1. The van der Waals surface area contributed by atoms with Crippen molar-refractivity contribution in [2.75, 3.05) is 12.3 Å². The molecule has 0 spiro atoms. The van der Waals surface area contributed by atoms with Gasteiger partial charge >= 0.3 is 0 Å². The minimum Gasteiger partial charge on any atom is -0.333 e. The van der Waals surface area contributed by atoms with Crippen LogP contribution in [0.25, 0.3) is 11.0 Å². The number of aromatic amines is 1. The third-order valence-corrected chi connectivity index (χ3v) is 4.37. The number of nitrogens with zero attached hydrogens (tertiary/aromatic N) is 1. The van der Waals surface area contributed by atoms with Crippen molar-refractivity contribution in [2.45, 2.75) is 18.1 Å². The highest BCUT2D eigenvalue weighted by Crippen LogP contribution is 2.24. The molecule has 4 heteroatoms. The summed E-state index contributed by atoms with van der Waals surface area (Å²) in [5.41, 5.74) is 3.45. The van der Waals surface area contributed by atoms with E-state index in [9.17, 15) is 0 Å². The van der Waals surface area contributed by atoms with E-state index in [4.69, 9.17) is 0 Å². The Bertz CT molecular complexity index is 660. The standard InChI is InChI=1S/C17H19N3S/c1-2-18-16(13-8-4-3-5-9-13)12-21-17-19-14-10-6-7-11-15(14)20-17/h3-11,16,18H,2,12H2,1H3,(H,19,20). The Morgan fingerprint density at radius 3 is 2.62 bits per heavy atom. The van der Waals surface area contributed by atoms with E-state index in [0.29, 0.717) is 6.04 Å². The SMILES string of the molecule is CCNC(CSc1nc2ccccc2[nH]1)c1ccccc1. The van der Waals surface area contributed by atoms with Gasteiger partial charge in [-0.05, 0) is 24.2 Å². The van der Waals surface area contributed by atoms with Crippen LogP contribution >= 0.6 is 11.8 Å². The predicted octanol–water partition coefficient (Wildman–Crippen LogP) is 4.01. The van der Waals surface area contributed by atoms with Crippen LogP contribution in [0.3, 0.4) is 0 Å². The molecule has 108 valence electrons. The first-order valence-electron chi connectivity index (χ1n) is 7.22. The molecule has 3 rings (SSSR count). The number of thioether (sulfide) groups is 1. The molecule has 0 radical (unpaired) electrons. The first-order chi connectivity index (χ1) is 10.4. The number of H-pyrrole nitrogens is 1. The average molecular weight is 297 g/mol. The fourth-order valence-corrected chi connectivity index (χ4v) is 3.34. The van der Waals surface area contributed by atoms with E-state index < -0.39 is 0 Å². The zero-order valence-corrected chi connectivity index (χ0v) is 12.9. The Hall–Kier alpha value is -1.78. The van der Waals surface area contributed by atoms with E-state index in [2.05, 4.69) is 58.6 Å². The lowest BCUT2D eigenvalue weighted by atomic mass is 10.1. The largest absolute Gasteiger partial charge is 0.333 e. The third-order valence-electron chi connectivity index (χ3n) is 3.41. The van der Waals surface area contributed by atoms with Gasteiger partial charge in [0, 0.05) is 11.8 Å².